The Hall–Kier alpha value is -2.46. The van der Waals surface area contributed by atoms with Gasteiger partial charge in [-0.3, -0.25) is 0 Å². The van der Waals surface area contributed by atoms with E-state index in [9.17, 15) is 0 Å². The summed E-state index contributed by atoms with van der Waals surface area (Å²) in [5.41, 5.74) is 6.86. The maximum absolute atomic E-state index is 8.92. The number of hydrogen-bond acceptors (Lipinski definition) is 4. The summed E-state index contributed by atoms with van der Waals surface area (Å²) in [6.45, 7) is 0.745. The Bertz CT molecular complexity index is 504. The summed E-state index contributed by atoms with van der Waals surface area (Å²) in [6, 6.07) is 13.8. The molecule has 0 amide bonds. The molecule has 0 bridgehead atoms. The Morgan fingerprint density at radius 2 is 1.94 bits per heavy atom. The third-order valence-electron chi connectivity index (χ3n) is 2.57. The van der Waals surface area contributed by atoms with Crippen molar-refractivity contribution in [2.45, 2.75) is 6.04 Å². The zero-order chi connectivity index (χ0) is 11.5. The molecule has 16 heavy (non-hydrogen) atoms. The molecular formula is C12H10N4. The Morgan fingerprint density at radius 1 is 1.25 bits per heavy atom. The molecule has 0 radical (unpaired) electrons. The fourth-order valence-corrected chi connectivity index (χ4v) is 1.68. The molecule has 1 atom stereocenters. The van der Waals surface area contributed by atoms with Gasteiger partial charge in [0.25, 0.3) is 0 Å². The summed E-state index contributed by atoms with van der Waals surface area (Å²) in [5.74, 6) is 0. The minimum Gasteiger partial charge on any atom is -0.388 e. The summed E-state index contributed by atoms with van der Waals surface area (Å²) < 4.78 is 0. The zero-order valence-corrected chi connectivity index (χ0v) is 8.59. The molecule has 1 unspecified atom stereocenters. The van der Waals surface area contributed by atoms with Gasteiger partial charge in [0.05, 0.1) is 6.04 Å². The van der Waals surface area contributed by atoms with Crippen LogP contribution in [0.3, 0.4) is 0 Å². The Balaban J connectivity index is 2.20. The van der Waals surface area contributed by atoms with E-state index in [0.29, 0.717) is 0 Å². The van der Waals surface area contributed by atoms with Gasteiger partial charge in [0, 0.05) is 6.54 Å². The van der Waals surface area contributed by atoms with Gasteiger partial charge in [-0.15, -0.1) is 0 Å². The van der Waals surface area contributed by atoms with Gasteiger partial charge < -0.3 is 10.6 Å². The van der Waals surface area contributed by atoms with Crippen molar-refractivity contribution < 1.29 is 0 Å². The topological polar surface area (TPSA) is 76.6 Å². The Labute approximate surface area is 93.8 Å². The molecule has 0 saturated carbocycles. The number of nitrogens with two attached hydrogens (primary N) is 1. The molecule has 1 heterocycles. The van der Waals surface area contributed by atoms with Crippen LogP contribution in [0.4, 0.5) is 0 Å². The van der Waals surface area contributed by atoms with Crippen molar-refractivity contribution in [3.05, 3.63) is 47.3 Å². The Kier molecular flexibility index (Phi) is 2.49. The van der Waals surface area contributed by atoms with Gasteiger partial charge in [0.15, 0.2) is 5.70 Å². The average Bonchev–Trinajstić information content (AvgIpc) is 3.11. The van der Waals surface area contributed by atoms with E-state index >= 15 is 0 Å². The van der Waals surface area contributed by atoms with Crippen LogP contribution >= 0.6 is 0 Å². The van der Waals surface area contributed by atoms with Crippen molar-refractivity contribution >= 4 is 0 Å². The summed E-state index contributed by atoms with van der Waals surface area (Å²) in [7, 11) is 0. The molecule has 0 aliphatic carbocycles. The van der Waals surface area contributed by atoms with Crippen LogP contribution in [0.25, 0.3) is 0 Å². The second kappa shape index (κ2) is 3.96. The van der Waals surface area contributed by atoms with Crippen molar-refractivity contribution in [3.8, 4) is 12.1 Å². The smallest absolute Gasteiger partial charge is 0.151 e. The predicted octanol–water partition coefficient (Wildman–Crippen LogP) is 1.26. The van der Waals surface area contributed by atoms with Crippen LogP contribution in [-0.4, -0.2) is 11.4 Å². The van der Waals surface area contributed by atoms with Crippen molar-refractivity contribution in [2.24, 2.45) is 5.73 Å². The van der Waals surface area contributed by atoms with Crippen molar-refractivity contribution in [1.29, 1.82) is 10.5 Å². The van der Waals surface area contributed by atoms with Crippen LogP contribution in [0.1, 0.15) is 11.6 Å². The van der Waals surface area contributed by atoms with Gasteiger partial charge in [-0.25, -0.2) is 0 Å². The summed E-state index contributed by atoms with van der Waals surface area (Å²) in [4.78, 5) is 1.83. The van der Waals surface area contributed by atoms with E-state index in [-0.39, 0.29) is 17.4 Å². The molecule has 2 rings (SSSR count). The van der Waals surface area contributed by atoms with Gasteiger partial charge >= 0.3 is 0 Å². The maximum atomic E-state index is 8.92. The molecule has 1 saturated heterocycles. The molecule has 1 fully saturated rings. The molecule has 4 nitrogen and oxygen atoms in total. The Morgan fingerprint density at radius 3 is 2.50 bits per heavy atom. The van der Waals surface area contributed by atoms with Crippen LogP contribution in [0.5, 0.6) is 0 Å². The third kappa shape index (κ3) is 1.69. The predicted molar refractivity (Wildman–Crippen MR) is 58.3 cm³/mol. The number of rotatable bonds is 2. The first kappa shape index (κ1) is 10.1. The standard InChI is InChI=1S/C12H10N4/c13-6-10(15)11(7-14)16-8-12(16)9-4-2-1-3-5-9/h1-5,12H,8,15H2/b11-10-. The lowest BCUT2D eigenvalue weighted by atomic mass is 10.2. The first-order valence-electron chi connectivity index (χ1n) is 4.89. The van der Waals surface area contributed by atoms with E-state index in [4.69, 9.17) is 16.3 Å². The molecule has 1 aromatic carbocycles. The normalized spacial score (nSPS) is 19.4. The largest absolute Gasteiger partial charge is 0.388 e. The molecular weight excluding hydrogens is 200 g/mol. The van der Waals surface area contributed by atoms with Crippen molar-refractivity contribution in [2.75, 3.05) is 6.54 Å². The van der Waals surface area contributed by atoms with Gasteiger partial charge in [-0.05, 0) is 5.56 Å². The molecule has 78 valence electrons. The highest BCUT2D eigenvalue weighted by atomic mass is 15.3. The highest BCUT2D eigenvalue weighted by Gasteiger charge is 2.38. The highest BCUT2D eigenvalue weighted by Crippen LogP contribution is 2.38. The lowest BCUT2D eigenvalue weighted by Gasteiger charge is -2.03. The maximum Gasteiger partial charge on any atom is 0.151 e. The van der Waals surface area contributed by atoms with Crippen molar-refractivity contribution in [1.82, 2.24) is 4.90 Å². The lowest BCUT2D eigenvalue weighted by Crippen LogP contribution is -2.06. The monoisotopic (exact) mass is 210 g/mol. The van der Waals surface area contributed by atoms with E-state index in [1.54, 1.807) is 6.07 Å². The third-order valence-corrected chi connectivity index (χ3v) is 2.57. The lowest BCUT2D eigenvalue weighted by molar-refractivity contribution is 0.652. The summed E-state index contributed by atoms with van der Waals surface area (Å²) in [6.07, 6.45) is 0. The molecule has 0 aromatic heterocycles. The molecule has 4 heteroatoms. The minimum absolute atomic E-state index is 0.0130. The highest BCUT2D eigenvalue weighted by molar-refractivity contribution is 5.39. The minimum atomic E-state index is -0.0130. The zero-order valence-electron chi connectivity index (χ0n) is 8.59. The molecule has 2 N–H and O–H groups in total. The summed E-state index contributed by atoms with van der Waals surface area (Å²) >= 11 is 0. The van der Waals surface area contributed by atoms with Crippen LogP contribution < -0.4 is 5.73 Å². The summed E-state index contributed by atoms with van der Waals surface area (Å²) in [5, 5.41) is 17.6. The first-order valence-corrected chi connectivity index (χ1v) is 4.89. The van der Waals surface area contributed by atoms with E-state index in [2.05, 4.69) is 0 Å². The number of allylic oxidation sites excluding steroid dienone is 2. The number of nitriles is 2. The van der Waals surface area contributed by atoms with E-state index in [1.165, 1.54) is 0 Å². The average molecular weight is 210 g/mol. The first-order chi connectivity index (χ1) is 7.77. The fraction of sp³-hybridized carbons (Fsp3) is 0.167. The van der Waals surface area contributed by atoms with E-state index < -0.39 is 0 Å². The fourth-order valence-electron chi connectivity index (χ4n) is 1.68. The van der Waals surface area contributed by atoms with Gasteiger partial charge in [0.2, 0.25) is 0 Å². The van der Waals surface area contributed by atoms with Crippen LogP contribution in [0, 0.1) is 22.7 Å². The number of hydrogen-bond donors (Lipinski definition) is 1. The van der Waals surface area contributed by atoms with E-state index in [0.717, 1.165) is 12.1 Å². The second-order valence-electron chi connectivity index (χ2n) is 3.56. The number of benzene rings is 1. The molecule has 1 aliphatic heterocycles. The van der Waals surface area contributed by atoms with Crippen LogP contribution in [-0.2, 0) is 0 Å². The molecule has 1 aromatic rings. The van der Waals surface area contributed by atoms with E-state index in [1.807, 2.05) is 41.3 Å². The second-order valence-corrected chi connectivity index (χ2v) is 3.56. The number of nitrogens with zero attached hydrogens (tertiary/aromatic N) is 3. The van der Waals surface area contributed by atoms with Gasteiger partial charge in [-0.1, -0.05) is 30.3 Å². The van der Waals surface area contributed by atoms with Crippen molar-refractivity contribution in [3.63, 3.8) is 0 Å². The van der Waals surface area contributed by atoms with Crippen LogP contribution in [0.2, 0.25) is 0 Å². The SMILES string of the molecule is N#C/C(N)=C(\C#N)N1CC1c1ccccc1. The van der Waals surface area contributed by atoms with Gasteiger partial charge in [0.1, 0.15) is 17.8 Å². The molecule has 1 aliphatic rings. The van der Waals surface area contributed by atoms with Gasteiger partial charge in [-0.2, -0.15) is 10.5 Å². The van der Waals surface area contributed by atoms with Crippen LogP contribution in [0.15, 0.2) is 41.7 Å². The quantitative estimate of drug-likeness (QED) is 0.589. The molecule has 0 spiro atoms.